The zero-order valence-electron chi connectivity index (χ0n) is 18.6. The summed E-state index contributed by atoms with van der Waals surface area (Å²) in [6.07, 6.45) is 2.05. The average Bonchev–Trinajstić information content (AvgIpc) is 3.03. The first-order valence-electron chi connectivity index (χ1n) is 9.13. The Labute approximate surface area is 160 Å². The molecule has 1 N–H and O–H groups in total. The molecular formula is C20H41NO5. The van der Waals surface area contributed by atoms with Crippen LogP contribution in [-0.2, 0) is 14.3 Å². The predicted octanol–water partition coefficient (Wildman–Crippen LogP) is 4.56. The summed E-state index contributed by atoms with van der Waals surface area (Å²) in [5, 5.41) is 7.00. The van der Waals surface area contributed by atoms with Crippen LogP contribution in [-0.4, -0.2) is 53.5 Å². The molecule has 1 fully saturated rings. The first-order chi connectivity index (χ1) is 11.8. The molecule has 0 bridgehead atoms. The third kappa shape index (κ3) is 18.8. The number of aliphatic hydroxyl groups is 1. The molecule has 26 heavy (non-hydrogen) atoms. The van der Waals surface area contributed by atoms with Crippen molar-refractivity contribution in [2.24, 2.45) is 0 Å². The van der Waals surface area contributed by atoms with Gasteiger partial charge in [0.1, 0.15) is 11.2 Å². The second-order valence-corrected chi connectivity index (χ2v) is 7.46. The van der Waals surface area contributed by atoms with Crippen LogP contribution in [0.2, 0.25) is 0 Å². The second kappa shape index (κ2) is 14.6. The molecule has 0 aromatic rings. The molecule has 1 saturated heterocycles. The van der Waals surface area contributed by atoms with Crippen molar-refractivity contribution in [3.8, 4) is 0 Å². The summed E-state index contributed by atoms with van der Waals surface area (Å²) < 4.78 is 10.2. The summed E-state index contributed by atoms with van der Waals surface area (Å²) in [6.45, 7) is 22.0. The zero-order chi connectivity index (χ0) is 21.6. The number of carbonyl (C=O) groups excluding carboxylic acids is 2. The minimum absolute atomic E-state index is 0.167. The van der Waals surface area contributed by atoms with Gasteiger partial charge < -0.3 is 19.5 Å². The van der Waals surface area contributed by atoms with Gasteiger partial charge in [0, 0.05) is 25.8 Å². The number of esters is 1. The van der Waals surface area contributed by atoms with Gasteiger partial charge in [-0.2, -0.15) is 0 Å². The van der Waals surface area contributed by atoms with E-state index >= 15 is 0 Å². The van der Waals surface area contributed by atoms with Crippen LogP contribution in [0, 0.1) is 0 Å². The summed E-state index contributed by atoms with van der Waals surface area (Å²) in [7, 11) is 1.00. The van der Waals surface area contributed by atoms with Crippen molar-refractivity contribution in [2.75, 3.05) is 20.2 Å². The lowest BCUT2D eigenvalue weighted by atomic mass is 10.2. The molecule has 1 aliphatic heterocycles. The molecule has 6 nitrogen and oxygen atoms in total. The average molecular weight is 376 g/mol. The van der Waals surface area contributed by atoms with Gasteiger partial charge in [0.15, 0.2) is 0 Å². The number of hydrogen-bond acceptors (Lipinski definition) is 5. The SMILES string of the molecule is C=C(C)C(=O)OC(C)(C)C.CC.CC(C)(C)OC(=O)N1CCCC1.CO. The Bertz CT molecular complexity index is 399. The summed E-state index contributed by atoms with van der Waals surface area (Å²) >= 11 is 0. The number of aliphatic hydroxyl groups excluding tert-OH is 1. The highest BCUT2D eigenvalue weighted by Gasteiger charge is 2.23. The summed E-state index contributed by atoms with van der Waals surface area (Å²) in [6, 6.07) is 0. The molecule has 0 aromatic heterocycles. The summed E-state index contributed by atoms with van der Waals surface area (Å²) in [5.41, 5.74) is -0.328. The first-order valence-corrected chi connectivity index (χ1v) is 9.13. The number of rotatable bonds is 1. The monoisotopic (exact) mass is 375 g/mol. The van der Waals surface area contributed by atoms with Gasteiger partial charge in [0.2, 0.25) is 0 Å². The van der Waals surface area contributed by atoms with E-state index in [2.05, 4.69) is 6.58 Å². The number of carbonyl (C=O) groups is 2. The fourth-order valence-electron chi connectivity index (χ4n) is 1.59. The quantitative estimate of drug-likeness (QED) is 0.537. The van der Waals surface area contributed by atoms with Gasteiger partial charge in [0.05, 0.1) is 0 Å². The molecule has 1 aliphatic rings. The van der Waals surface area contributed by atoms with E-state index in [1.165, 1.54) is 0 Å². The number of nitrogens with zero attached hydrogens (tertiary/aromatic N) is 1. The number of amides is 1. The summed E-state index contributed by atoms with van der Waals surface area (Å²) in [5.74, 6) is -0.326. The Balaban J connectivity index is -0.000000346. The molecule has 0 aliphatic carbocycles. The van der Waals surface area contributed by atoms with Gasteiger partial charge >= 0.3 is 12.1 Å². The maximum Gasteiger partial charge on any atom is 0.410 e. The van der Waals surface area contributed by atoms with Crippen molar-refractivity contribution in [1.82, 2.24) is 4.90 Å². The van der Waals surface area contributed by atoms with E-state index in [0.29, 0.717) is 5.57 Å². The van der Waals surface area contributed by atoms with Crippen molar-refractivity contribution in [2.45, 2.75) is 86.4 Å². The lowest BCUT2D eigenvalue weighted by Gasteiger charge is -2.23. The minimum Gasteiger partial charge on any atom is -0.457 e. The second-order valence-electron chi connectivity index (χ2n) is 7.46. The highest BCUT2D eigenvalue weighted by atomic mass is 16.6. The molecule has 0 spiro atoms. The molecule has 1 heterocycles. The predicted molar refractivity (Wildman–Crippen MR) is 107 cm³/mol. The lowest BCUT2D eigenvalue weighted by molar-refractivity contribution is -0.149. The summed E-state index contributed by atoms with van der Waals surface area (Å²) in [4.78, 5) is 24.0. The van der Waals surface area contributed by atoms with Crippen molar-refractivity contribution in [1.29, 1.82) is 0 Å². The Morgan fingerprint density at radius 2 is 1.23 bits per heavy atom. The largest absolute Gasteiger partial charge is 0.457 e. The van der Waals surface area contributed by atoms with Crippen LogP contribution < -0.4 is 0 Å². The standard InChI is InChI=1S/C9H17NO2.C8H14O2.C2H6.CH4O/c1-9(2,3)12-8(11)10-6-4-5-7-10;1-6(2)7(9)10-8(3,4)5;2*1-2/h4-7H2,1-3H3;1H2,2-5H3;1-2H3;2H,1H3. The van der Waals surface area contributed by atoms with Crippen molar-refractivity contribution in [3.63, 3.8) is 0 Å². The maximum atomic E-state index is 11.4. The molecule has 6 heteroatoms. The fourth-order valence-corrected chi connectivity index (χ4v) is 1.59. The molecule has 0 atom stereocenters. The number of hydrogen-bond donors (Lipinski definition) is 1. The van der Waals surface area contributed by atoms with E-state index in [4.69, 9.17) is 14.6 Å². The Morgan fingerprint density at radius 3 is 1.46 bits per heavy atom. The van der Waals surface area contributed by atoms with Crippen LogP contribution in [0.5, 0.6) is 0 Å². The molecule has 1 rings (SSSR count). The number of ether oxygens (including phenoxy) is 2. The van der Waals surface area contributed by atoms with Gasteiger partial charge in [-0.3, -0.25) is 0 Å². The van der Waals surface area contributed by atoms with E-state index in [-0.39, 0.29) is 17.7 Å². The molecule has 0 saturated carbocycles. The van der Waals surface area contributed by atoms with Crippen molar-refractivity contribution in [3.05, 3.63) is 12.2 Å². The van der Waals surface area contributed by atoms with Gasteiger partial charge in [0.25, 0.3) is 0 Å². The van der Waals surface area contributed by atoms with Gasteiger partial charge in [-0.05, 0) is 61.3 Å². The Hall–Kier alpha value is -1.56. The van der Waals surface area contributed by atoms with Crippen LogP contribution in [0.4, 0.5) is 4.79 Å². The molecule has 0 radical (unpaired) electrons. The van der Waals surface area contributed by atoms with Crippen molar-refractivity contribution >= 4 is 12.1 Å². The smallest absolute Gasteiger partial charge is 0.410 e. The van der Waals surface area contributed by atoms with Crippen LogP contribution >= 0.6 is 0 Å². The minimum atomic E-state index is -0.407. The first kappa shape index (κ1) is 29.2. The van der Waals surface area contributed by atoms with Crippen LogP contribution in [0.1, 0.15) is 75.2 Å². The van der Waals surface area contributed by atoms with Crippen LogP contribution in [0.3, 0.4) is 0 Å². The van der Waals surface area contributed by atoms with E-state index < -0.39 is 5.60 Å². The zero-order valence-corrected chi connectivity index (χ0v) is 18.6. The third-order valence-electron chi connectivity index (χ3n) is 2.51. The number of likely N-dealkylation sites (tertiary alicyclic amines) is 1. The van der Waals surface area contributed by atoms with Gasteiger partial charge in [-0.15, -0.1) is 0 Å². The van der Waals surface area contributed by atoms with E-state index in [9.17, 15) is 9.59 Å². The molecule has 0 aromatic carbocycles. The van der Waals surface area contributed by atoms with Crippen LogP contribution in [0.15, 0.2) is 12.2 Å². The topological polar surface area (TPSA) is 76.1 Å². The third-order valence-corrected chi connectivity index (χ3v) is 2.51. The lowest BCUT2D eigenvalue weighted by Crippen LogP contribution is -2.34. The van der Waals surface area contributed by atoms with Crippen LogP contribution in [0.25, 0.3) is 0 Å². The molecule has 1 amide bonds. The fraction of sp³-hybridized carbons (Fsp3) is 0.800. The normalized spacial score (nSPS) is 13.0. The molecular weight excluding hydrogens is 334 g/mol. The highest BCUT2D eigenvalue weighted by molar-refractivity contribution is 5.87. The van der Waals surface area contributed by atoms with Crippen molar-refractivity contribution < 1.29 is 24.2 Å². The van der Waals surface area contributed by atoms with E-state index in [0.717, 1.165) is 33.0 Å². The van der Waals surface area contributed by atoms with Gasteiger partial charge in [-0.25, -0.2) is 9.59 Å². The van der Waals surface area contributed by atoms with Gasteiger partial charge in [-0.1, -0.05) is 20.4 Å². The van der Waals surface area contributed by atoms with E-state index in [1.807, 2.05) is 55.4 Å². The highest BCUT2D eigenvalue weighted by Crippen LogP contribution is 2.14. The maximum absolute atomic E-state index is 11.4. The Morgan fingerprint density at radius 1 is 0.885 bits per heavy atom. The Kier molecular flexibility index (Phi) is 16.4. The molecule has 156 valence electrons. The van der Waals surface area contributed by atoms with E-state index in [1.54, 1.807) is 11.8 Å². The molecule has 0 unspecified atom stereocenters.